The largest absolute Gasteiger partial charge is 0.461 e. The van der Waals surface area contributed by atoms with Gasteiger partial charge in [-0.15, -0.1) is 5.10 Å². The fraction of sp³-hybridized carbons (Fsp3) is 0.0625. The predicted molar refractivity (Wildman–Crippen MR) is 88.1 cm³/mol. The first kappa shape index (κ1) is 16.1. The third-order valence-corrected chi connectivity index (χ3v) is 3.25. The molecule has 2 N–H and O–H groups in total. The van der Waals surface area contributed by atoms with Gasteiger partial charge in [-0.1, -0.05) is 12.1 Å². The Hall–Kier alpha value is -3.75. The molecule has 0 bridgehead atoms. The number of carbonyl (C=O) groups excluding carboxylic acids is 1. The van der Waals surface area contributed by atoms with Gasteiger partial charge < -0.3 is 9.73 Å². The van der Waals surface area contributed by atoms with Crippen LogP contribution in [0.3, 0.4) is 0 Å². The Morgan fingerprint density at radius 3 is 2.92 bits per heavy atom. The summed E-state index contributed by atoms with van der Waals surface area (Å²) in [5, 5.41) is 20.2. The number of hydrogen-bond donors (Lipinski definition) is 2. The molecule has 0 aliphatic rings. The minimum Gasteiger partial charge on any atom is -0.461 e. The van der Waals surface area contributed by atoms with E-state index in [9.17, 15) is 14.9 Å². The van der Waals surface area contributed by atoms with Crippen molar-refractivity contribution >= 4 is 17.7 Å². The third kappa shape index (κ3) is 3.96. The van der Waals surface area contributed by atoms with Gasteiger partial charge in [-0.25, -0.2) is 4.98 Å². The quantitative estimate of drug-likeness (QED) is 0.403. The van der Waals surface area contributed by atoms with Crippen molar-refractivity contribution in [3.05, 3.63) is 70.2 Å². The van der Waals surface area contributed by atoms with Crippen LogP contribution in [-0.4, -0.2) is 26.0 Å². The van der Waals surface area contributed by atoms with Gasteiger partial charge >= 0.3 is 0 Å². The van der Waals surface area contributed by atoms with Crippen LogP contribution in [0.1, 0.15) is 11.4 Å². The summed E-state index contributed by atoms with van der Waals surface area (Å²) in [4.78, 5) is 26.5. The van der Waals surface area contributed by atoms with E-state index in [0.717, 1.165) is 0 Å². The number of hydrogen-bond acceptors (Lipinski definition) is 6. The molecule has 1 aromatic carbocycles. The zero-order valence-corrected chi connectivity index (χ0v) is 12.9. The normalized spacial score (nSPS) is 10.9. The van der Waals surface area contributed by atoms with Crippen molar-refractivity contribution in [3.63, 3.8) is 0 Å². The van der Waals surface area contributed by atoms with Crippen molar-refractivity contribution in [2.45, 2.75) is 6.54 Å². The topological polar surface area (TPSA) is 127 Å². The zero-order chi connectivity index (χ0) is 17.6. The highest BCUT2D eigenvalue weighted by atomic mass is 16.6. The van der Waals surface area contributed by atoms with Crippen molar-refractivity contribution in [3.8, 4) is 11.6 Å². The first-order valence-electron chi connectivity index (χ1n) is 7.28. The lowest BCUT2D eigenvalue weighted by molar-refractivity contribution is -0.385. The smallest absolute Gasteiger partial charge is 0.276 e. The zero-order valence-electron chi connectivity index (χ0n) is 12.9. The van der Waals surface area contributed by atoms with Crippen LogP contribution in [0.25, 0.3) is 17.7 Å². The molecule has 2 aromatic heterocycles. The maximum Gasteiger partial charge on any atom is 0.276 e. The lowest BCUT2D eigenvalue weighted by Crippen LogP contribution is -2.21. The maximum atomic E-state index is 11.9. The van der Waals surface area contributed by atoms with Gasteiger partial charge in [-0.2, -0.15) is 0 Å². The van der Waals surface area contributed by atoms with Crippen molar-refractivity contribution in [2.24, 2.45) is 0 Å². The molecule has 9 heteroatoms. The number of benzene rings is 1. The number of furan rings is 1. The Morgan fingerprint density at radius 2 is 2.16 bits per heavy atom. The molecule has 1 amide bonds. The lowest BCUT2D eigenvalue weighted by Gasteiger charge is -1.99. The minimum atomic E-state index is -0.498. The van der Waals surface area contributed by atoms with Crippen LogP contribution in [0.2, 0.25) is 0 Å². The fourth-order valence-electron chi connectivity index (χ4n) is 2.08. The number of aromatic nitrogens is 3. The summed E-state index contributed by atoms with van der Waals surface area (Å²) < 4.78 is 5.18. The van der Waals surface area contributed by atoms with Gasteiger partial charge in [0, 0.05) is 12.1 Å². The summed E-state index contributed by atoms with van der Waals surface area (Å²) in [6, 6.07) is 9.61. The summed E-state index contributed by atoms with van der Waals surface area (Å²) in [6.07, 6.45) is 4.13. The molecule has 0 fully saturated rings. The summed E-state index contributed by atoms with van der Waals surface area (Å²) in [6.45, 7) is 0.133. The number of nitrogens with one attached hydrogen (secondary N) is 2. The van der Waals surface area contributed by atoms with E-state index in [1.165, 1.54) is 24.5 Å². The molecular formula is C16H13N5O4. The lowest BCUT2D eigenvalue weighted by atomic mass is 10.1. The van der Waals surface area contributed by atoms with Crippen LogP contribution in [0.4, 0.5) is 5.69 Å². The van der Waals surface area contributed by atoms with Crippen LogP contribution in [0.5, 0.6) is 0 Å². The SMILES string of the molecule is O=C(/C=C\c1ccccc1[N+](=O)[O-])NCc1nc(-c2ccco2)n[nH]1. The molecule has 0 radical (unpaired) electrons. The van der Waals surface area contributed by atoms with Crippen LogP contribution < -0.4 is 5.32 Å². The average molecular weight is 339 g/mol. The number of aromatic amines is 1. The van der Waals surface area contributed by atoms with Gasteiger partial charge in [0.05, 0.1) is 23.3 Å². The van der Waals surface area contributed by atoms with Crippen molar-refractivity contribution < 1.29 is 14.1 Å². The molecule has 0 aliphatic carbocycles. The number of nitro benzene ring substituents is 1. The van der Waals surface area contributed by atoms with Gasteiger partial charge in [0.15, 0.2) is 5.76 Å². The number of H-pyrrole nitrogens is 1. The summed E-state index contributed by atoms with van der Waals surface area (Å²) in [5.41, 5.74) is 0.285. The van der Waals surface area contributed by atoms with Gasteiger partial charge in [0.1, 0.15) is 5.82 Å². The number of carbonyl (C=O) groups is 1. The Morgan fingerprint density at radius 1 is 1.32 bits per heavy atom. The van der Waals surface area contributed by atoms with Gasteiger partial charge in [-0.05, 0) is 24.3 Å². The highest BCUT2D eigenvalue weighted by molar-refractivity contribution is 5.92. The molecule has 0 spiro atoms. The van der Waals surface area contributed by atoms with E-state index < -0.39 is 10.8 Å². The Balaban J connectivity index is 1.59. The van der Waals surface area contributed by atoms with Crippen LogP contribution in [0.15, 0.2) is 53.2 Å². The van der Waals surface area contributed by atoms with Crippen LogP contribution in [0, 0.1) is 10.1 Å². The third-order valence-electron chi connectivity index (χ3n) is 3.25. The summed E-state index contributed by atoms with van der Waals surface area (Å²) >= 11 is 0. The number of nitro groups is 1. The monoisotopic (exact) mass is 339 g/mol. The second-order valence-electron chi connectivity index (χ2n) is 4.95. The first-order valence-corrected chi connectivity index (χ1v) is 7.28. The molecule has 0 atom stereocenters. The average Bonchev–Trinajstić information content (AvgIpc) is 3.29. The molecule has 25 heavy (non-hydrogen) atoms. The molecular weight excluding hydrogens is 326 g/mol. The van der Waals surface area contributed by atoms with Crippen molar-refractivity contribution in [2.75, 3.05) is 0 Å². The van der Waals surface area contributed by atoms with Gasteiger partial charge in [0.25, 0.3) is 5.69 Å². The number of nitrogens with zero attached hydrogens (tertiary/aromatic N) is 3. The van der Waals surface area contributed by atoms with E-state index in [0.29, 0.717) is 23.0 Å². The van der Waals surface area contributed by atoms with Gasteiger partial charge in [-0.3, -0.25) is 20.0 Å². The predicted octanol–water partition coefficient (Wildman–Crippen LogP) is 2.30. The summed E-state index contributed by atoms with van der Waals surface area (Å²) in [7, 11) is 0. The van der Waals surface area contributed by atoms with Gasteiger partial charge in [0.2, 0.25) is 11.7 Å². The van der Waals surface area contributed by atoms with Crippen molar-refractivity contribution in [1.29, 1.82) is 0 Å². The Kier molecular flexibility index (Phi) is 4.65. The molecule has 3 rings (SSSR count). The van der Waals surface area contributed by atoms with E-state index in [1.807, 2.05) is 0 Å². The first-order chi connectivity index (χ1) is 12.1. The minimum absolute atomic E-state index is 0.0649. The highest BCUT2D eigenvalue weighted by Gasteiger charge is 2.10. The van der Waals surface area contributed by atoms with Crippen LogP contribution >= 0.6 is 0 Å². The van der Waals surface area contributed by atoms with E-state index in [2.05, 4.69) is 20.5 Å². The molecule has 0 unspecified atom stereocenters. The van der Waals surface area contributed by atoms with Crippen molar-refractivity contribution in [1.82, 2.24) is 20.5 Å². The molecule has 0 aliphatic heterocycles. The second kappa shape index (κ2) is 7.21. The summed E-state index contributed by atoms with van der Waals surface area (Å²) in [5.74, 6) is 0.961. The van der Waals surface area contributed by atoms with Crippen LogP contribution in [-0.2, 0) is 11.3 Å². The molecule has 9 nitrogen and oxygen atoms in total. The van der Waals surface area contributed by atoms with E-state index in [-0.39, 0.29) is 12.2 Å². The van der Waals surface area contributed by atoms with E-state index in [1.54, 1.807) is 30.3 Å². The number of para-hydroxylation sites is 1. The molecule has 2 heterocycles. The fourth-order valence-corrected chi connectivity index (χ4v) is 2.08. The molecule has 3 aromatic rings. The Bertz CT molecular complexity index is 914. The molecule has 126 valence electrons. The Labute approximate surface area is 141 Å². The number of amides is 1. The van der Waals surface area contributed by atoms with E-state index in [4.69, 9.17) is 4.42 Å². The second-order valence-corrected chi connectivity index (χ2v) is 4.95. The van der Waals surface area contributed by atoms with E-state index >= 15 is 0 Å². The highest BCUT2D eigenvalue weighted by Crippen LogP contribution is 2.18. The standard InChI is InChI=1S/C16H13N5O4/c22-15(8-7-11-4-1-2-5-12(11)21(23)24)17-10-14-18-16(20-19-14)13-6-3-9-25-13/h1-9H,10H2,(H,17,22)(H,18,19,20)/b8-7-. The molecule has 0 saturated heterocycles. The molecule has 0 saturated carbocycles. The maximum absolute atomic E-state index is 11.9. The number of rotatable bonds is 6.